The number of carbonyl (C=O) groups is 6. The lowest BCUT2D eigenvalue weighted by Gasteiger charge is -2.45. The standard InChI is InChI=1S/C55H79N11O6/c1-34(56-9)48(67)61-46(54(3,4)5)52(71)65-29-27-63(32-43(65)50(69)59-41-23-15-19-36-17-11-13-21-39(36)41)38-25-26-45(58-31-38)64-28-30-66(53(72)47(55(6,7)8)62-49(68)35(2)57-10)44(33-64)51(70)60-42-24-16-20-37-18-12-14-22-40(37)42/h11-14,17-18,21-22,25-26,31,34-35,41-44,46-47,56-57H,15-16,19-20,23-24,27-30,32-33H2,1-10H3,(H,59,69)(H,60,70)(H,61,67)(H,62,68)/t34-,35-,41+,42+,43-,44-,46+,47+/m0/s1. The van der Waals surface area contributed by atoms with E-state index in [9.17, 15) is 28.8 Å². The van der Waals surface area contributed by atoms with Crippen LogP contribution in [0.3, 0.4) is 0 Å². The zero-order valence-electron chi connectivity index (χ0n) is 44.1. The van der Waals surface area contributed by atoms with Crippen molar-refractivity contribution in [2.75, 3.05) is 63.2 Å². The minimum absolute atomic E-state index is 0.169. The average Bonchev–Trinajstić information content (AvgIpc) is 3.37. The van der Waals surface area contributed by atoms with Crippen LogP contribution < -0.4 is 41.7 Å². The van der Waals surface area contributed by atoms with Crippen LogP contribution in [0.4, 0.5) is 11.5 Å². The molecule has 390 valence electrons. The summed E-state index contributed by atoms with van der Waals surface area (Å²) in [5.74, 6) is -1.16. The number of piperazine rings is 2. The van der Waals surface area contributed by atoms with E-state index in [1.54, 1.807) is 43.9 Å². The molecule has 1 aromatic heterocycles. The lowest BCUT2D eigenvalue weighted by molar-refractivity contribution is -0.146. The van der Waals surface area contributed by atoms with E-state index in [4.69, 9.17) is 4.98 Å². The molecule has 0 radical (unpaired) electrons. The SMILES string of the molecule is CN[C@@H](C)C(=O)N[C@H](C(=O)N1CCN(c2ccc(N3CCN(C(=O)[C@@H](NC(=O)[C@H](C)NC)C(C)(C)C)[C@H](C(=O)N[C@@H]4CCCc5ccccc54)C3)nc2)C[C@H]1C(=O)N[C@@H]1CCCc2ccccc21)C(C)(C)C. The van der Waals surface area contributed by atoms with Gasteiger partial charge in [0.1, 0.15) is 30.0 Å². The Morgan fingerprint density at radius 2 is 1.01 bits per heavy atom. The summed E-state index contributed by atoms with van der Waals surface area (Å²) < 4.78 is 0. The summed E-state index contributed by atoms with van der Waals surface area (Å²) >= 11 is 0. The van der Waals surface area contributed by atoms with E-state index >= 15 is 0 Å². The van der Waals surface area contributed by atoms with Gasteiger partial charge in [-0.15, -0.1) is 0 Å². The summed E-state index contributed by atoms with van der Waals surface area (Å²) in [5.41, 5.74) is 4.03. The molecule has 3 heterocycles. The molecule has 6 amide bonds. The number of aryl methyl sites for hydroxylation is 2. The lowest BCUT2D eigenvalue weighted by Crippen LogP contribution is -2.66. The van der Waals surface area contributed by atoms with Crippen LogP contribution in [0.1, 0.15) is 115 Å². The van der Waals surface area contributed by atoms with E-state index in [0.717, 1.165) is 55.3 Å². The zero-order valence-corrected chi connectivity index (χ0v) is 44.1. The van der Waals surface area contributed by atoms with Crippen LogP contribution in [0.2, 0.25) is 0 Å². The number of carbonyl (C=O) groups excluding carboxylic acids is 6. The van der Waals surface area contributed by atoms with Gasteiger partial charge in [0, 0.05) is 39.3 Å². The number of nitrogens with one attached hydrogen (secondary N) is 6. The Morgan fingerprint density at radius 1 is 0.583 bits per heavy atom. The van der Waals surface area contributed by atoms with Crippen LogP contribution in [0.25, 0.3) is 0 Å². The van der Waals surface area contributed by atoms with Crippen LogP contribution in [-0.2, 0) is 41.6 Å². The van der Waals surface area contributed by atoms with Crippen molar-refractivity contribution in [1.82, 2.24) is 46.7 Å². The maximum absolute atomic E-state index is 14.7. The largest absolute Gasteiger partial charge is 0.366 e. The fourth-order valence-electron chi connectivity index (χ4n) is 10.5. The molecule has 0 spiro atoms. The molecule has 72 heavy (non-hydrogen) atoms. The molecule has 0 saturated carbocycles. The maximum Gasteiger partial charge on any atom is 0.246 e. The van der Waals surface area contributed by atoms with Crippen molar-refractivity contribution in [2.45, 2.75) is 142 Å². The van der Waals surface area contributed by atoms with E-state index in [0.29, 0.717) is 18.9 Å². The molecule has 17 heteroatoms. The topological polar surface area (TPSA) is 200 Å². The molecular weight excluding hydrogens is 911 g/mol. The Labute approximate surface area is 426 Å². The Bertz CT molecular complexity index is 2270. The molecule has 2 aromatic carbocycles. The molecule has 8 atom stereocenters. The monoisotopic (exact) mass is 990 g/mol. The number of benzene rings is 2. The van der Waals surface area contributed by atoms with Crippen molar-refractivity contribution in [2.24, 2.45) is 10.8 Å². The van der Waals surface area contributed by atoms with Crippen LogP contribution in [-0.4, -0.2) is 140 Å². The minimum atomic E-state index is -0.894. The third kappa shape index (κ3) is 12.2. The van der Waals surface area contributed by atoms with Gasteiger partial charge >= 0.3 is 0 Å². The van der Waals surface area contributed by atoms with Crippen LogP contribution in [0.5, 0.6) is 0 Å². The number of hydrogen-bond donors (Lipinski definition) is 6. The van der Waals surface area contributed by atoms with Gasteiger partial charge in [-0.1, -0.05) is 90.1 Å². The van der Waals surface area contributed by atoms with Crippen molar-refractivity contribution >= 4 is 46.9 Å². The predicted octanol–water partition coefficient (Wildman–Crippen LogP) is 3.78. The van der Waals surface area contributed by atoms with Gasteiger partial charge < -0.3 is 51.5 Å². The van der Waals surface area contributed by atoms with Crippen molar-refractivity contribution in [1.29, 1.82) is 0 Å². The second kappa shape index (κ2) is 22.8. The van der Waals surface area contributed by atoms with Gasteiger partial charge in [0.25, 0.3) is 0 Å². The van der Waals surface area contributed by atoms with E-state index in [1.165, 1.54) is 11.1 Å². The number of anilines is 2. The van der Waals surface area contributed by atoms with Gasteiger partial charge in [0.15, 0.2) is 0 Å². The molecule has 0 unspecified atom stereocenters. The first kappa shape index (κ1) is 53.7. The zero-order chi connectivity index (χ0) is 52.1. The molecule has 6 N–H and O–H groups in total. The molecule has 17 nitrogen and oxygen atoms in total. The summed E-state index contributed by atoms with van der Waals surface area (Å²) in [4.78, 5) is 97.6. The van der Waals surface area contributed by atoms with Crippen LogP contribution >= 0.6 is 0 Å². The first-order valence-electron chi connectivity index (χ1n) is 26.0. The number of aromatic nitrogens is 1. The van der Waals surface area contributed by atoms with Crippen molar-refractivity contribution in [3.63, 3.8) is 0 Å². The minimum Gasteiger partial charge on any atom is -0.366 e. The van der Waals surface area contributed by atoms with E-state index in [1.807, 2.05) is 82.8 Å². The highest BCUT2D eigenvalue weighted by atomic mass is 16.2. The fraction of sp³-hybridized carbons (Fsp3) is 0.582. The van der Waals surface area contributed by atoms with Gasteiger partial charge in [0.2, 0.25) is 35.4 Å². The first-order valence-corrected chi connectivity index (χ1v) is 26.0. The number of nitrogens with zero attached hydrogens (tertiary/aromatic N) is 5. The molecule has 2 aliphatic heterocycles. The first-order chi connectivity index (χ1) is 34.2. The maximum atomic E-state index is 14.7. The Kier molecular flexibility index (Phi) is 17.0. The van der Waals surface area contributed by atoms with E-state index < -0.39 is 47.1 Å². The van der Waals surface area contributed by atoms with E-state index in [-0.39, 0.29) is 73.7 Å². The third-order valence-electron chi connectivity index (χ3n) is 15.2. The Morgan fingerprint density at radius 3 is 1.43 bits per heavy atom. The van der Waals surface area contributed by atoms with Crippen LogP contribution in [0, 0.1) is 10.8 Å². The van der Waals surface area contributed by atoms with Gasteiger partial charge in [-0.25, -0.2) is 4.98 Å². The molecular formula is C55H79N11O6. The fourth-order valence-corrected chi connectivity index (χ4v) is 10.5. The molecule has 0 bridgehead atoms. The Balaban J connectivity index is 1.14. The molecule has 2 saturated heterocycles. The smallest absolute Gasteiger partial charge is 0.246 e. The Hall–Kier alpha value is -6.07. The number of fused-ring (bicyclic) bond motifs is 2. The average molecular weight is 990 g/mol. The predicted molar refractivity (Wildman–Crippen MR) is 280 cm³/mol. The third-order valence-corrected chi connectivity index (χ3v) is 15.2. The molecule has 7 rings (SSSR count). The van der Waals surface area contributed by atoms with Gasteiger partial charge in [-0.3, -0.25) is 28.8 Å². The van der Waals surface area contributed by atoms with Gasteiger partial charge in [-0.2, -0.15) is 0 Å². The summed E-state index contributed by atoms with van der Waals surface area (Å²) in [6.45, 7) is 16.5. The molecule has 2 fully saturated rings. The highest BCUT2D eigenvalue weighted by Crippen LogP contribution is 2.33. The quantitative estimate of drug-likeness (QED) is 0.137. The van der Waals surface area contributed by atoms with Crippen LogP contribution in [0.15, 0.2) is 66.9 Å². The molecule has 3 aromatic rings. The van der Waals surface area contributed by atoms with Gasteiger partial charge in [0.05, 0.1) is 36.1 Å². The number of pyridine rings is 1. The number of rotatable bonds is 14. The van der Waals surface area contributed by atoms with Crippen molar-refractivity contribution in [3.8, 4) is 0 Å². The summed E-state index contributed by atoms with van der Waals surface area (Å²) in [5, 5.41) is 18.5. The summed E-state index contributed by atoms with van der Waals surface area (Å²) in [6, 6.07) is 15.2. The van der Waals surface area contributed by atoms with Crippen molar-refractivity contribution in [3.05, 3.63) is 89.1 Å². The molecule has 4 aliphatic rings. The normalized spacial score (nSPS) is 22.0. The van der Waals surface area contributed by atoms with E-state index in [2.05, 4.69) is 61.1 Å². The molecule has 2 aliphatic carbocycles. The second-order valence-electron chi connectivity index (χ2n) is 22.3. The second-order valence-corrected chi connectivity index (χ2v) is 22.3. The summed E-state index contributed by atoms with van der Waals surface area (Å²) in [7, 11) is 3.39. The summed E-state index contributed by atoms with van der Waals surface area (Å²) in [6.07, 6.45) is 7.06. The van der Waals surface area contributed by atoms with Gasteiger partial charge in [-0.05, 0) is 112 Å². The highest BCUT2D eigenvalue weighted by Gasteiger charge is 2.45. The number of hydrogen-bond acceptors (Lipinski definition) is 11. The number of likely N-dealkylation sites (N-methyl/N-ethyl adjacent to an activating group) is 2. The van der Waals surface area contributed by atoms with Crippen molar-refractivity contribution < 1.29 is 28.8 Å². The lowest BCUT2D eigenvalue weighted by atomic mass is 9.85. The highest BCUT2D eigenvalue weighted by molar-refractivity contribution is 5.95. The number of amides is 6.